The summed E-state index contributed by atoms with van der Waals surface area (Å²) >= 11 is 5.23. The molecular weight excluding hydrogens is 314 g/mol. The second kappa shape index (κ2) is 6.62. The first-order valence-corrected chi connectivity index (χ1v) is 8.17. The average molecular weight is 335 g/mol. The number of anilines is 1. The van der Waals surface area contributed by atoms with Crippen LogP contribution in [0, 0.1) is 5.92 Å². The summed E-state index contributed by atoms with van der Waals surface area (Å²) in [5.74, 6) is 2.06. The summed E-state index contributed by atoms with van der Waals surface area (Å²) in [6.45, 7) is 4.21. The van der Waals surface area contributed by atoms with Gasteiger partial charge in [0.05, 0.1) is 0 Å². The van der Waals surface area contributed by atoms with Gasteiger partial charge in [0, 0.05) is 38.3 Å². The Hall–Kier alpha value is -2.02. The normalized spacial score (nSPS) is 17.2. The summed E-state index contributed by atoms with van der Waals surface area (Å²) in [6, 6.07) is 5.73. The highest BCUT2D eigenvalue weighted by atomic mass is 32.1. The van der Waals surface area contributed by atoms with Crippen LogP contribution in [0.4, 0.5) is 5.69 Å². The van der Waals surface area contributed by atoms with E-state index < -0.39 is 0 Å². The first-order chi connectivity index (χ1) is 11.0. The molecule has 124 valence electrons. The number of hydrogen-bond acceptors (Lipinski definition) is 4. The number of piperidine rings is 1. The number of thiocarbonyl (C=S) groups is 1. The van der Waals surface area contributed by atoms with Crippen LogP contribution >= 0.6 is 12.2 Å². The van der Waals surface area contributed by atoms with Crippen LogP contribution in [0.5, 0.6) is 11.5 Å². The Bertz CT molecular complexity index is 615. The van der Waals surface area contributed by atoms with Crippen molar-refractivity contribution in [2.45, 2.75) is 19.8 Å². The Balaban J connectivity index is 1.68. The van der Waals surface area contributed by atoms with Gasteiger partial charge in [-0.05, 0) is 43.1 Å². The quantitative estimate of drug-likeness (QED) is 0.849. The molecule has 0 spiro atoms. The minimum Gasteiger partial charge on any atom is -0.454 e. The summed E-state index contributed by atoms with van der Waals surface area (Å²) in [6.07, 6.45) is 1.92. The van der Waals surface area contributed by atoms with Gasteiger partial charge in [0.1, 0.15) is 0 Å². The molecule has 2 N–H and O–H groups in total. The number of likely N-dealkylation sites (tertiary alicyclic amines) is 1. The predicted molar refractivity (Wildman–Crippen MR) is 91.7 cm³/mol. The number of carbonyl (C=O) groups is 1. The van der Waals surface area contributed by atoms with Crippen molar-refractivity contribution in [3.63, 3.8) is 0 Å². The third-order valence-corrected chi connectivity index (χ3v) is 4.65. The monoisotopic (exact) mass is 335 g/mol. The van der Waals surface area contributed by atoms with E-state index >= 15 is 0 Å². The van der Waals surface area contributed by atoms with Gasteiger partial charge in [-0.25, -0.2) is 0 Å². The first-order valence-electron chi connectivity index (χ1n) is 7.76. The number of ether oxygens (including phenoxy) is 2. The van der Waals surface area contributed by atoms with Crippen LogP contribution in [0.15, 0.2) is 18.2 Å². The van der Waals surface area contributed by atoms with Crippen LogP contribution in [0.3, 0.4) is 0 Å². The molecule has 0 aromatic heterocycles. The standard InChI is InChI=1S/C16H21N3O3S/c1-11(20)18-6-4-12(5-7-18)9-19(16(17)23)13-2-3-14-15(8-13)22-10-21-14/h2-3,8,12H,4-7,9-10H2,1H3,(H2,17,23). The smallest absolute Gasteiger partial charge is 0.231 e. The second-order valence-electron chi connectivity index (χ2n) is 5.94. The molecule has 1 aromatic rings. The van der Waals surface area contributed by atoms with E-state index in [1.54, 1.807) is 6.92 Å². The van der Waals surface area contributed by atoms with Gasteiger partial charge in [0.2, 0.25) is 12.7 Å². The van der Waals surface area contributed by atoms with Crippen molar-refractivity contribution in [2.24, 2.45) is 11.7 Å². The molecule has 0 unspecified atom stereocenters. The van der Waals surface area contributed by atoms with Gasteiger partial charge >= 0.3 is 0 Å². The molecule has 0 bridgehead atoms. The van der Waals surface area contributed by atoms with Crippen molar-refractivity contribution < 1.29 is 14.3 Å². The number of nitrogens with zero attached hydrogens (tertiary/aromatic N) is 2. The van der Waals surface area contributed by atoms with Crippen LogP contribution in [-0.2, 0) is 4.79 Å². The fourth-order valence-corrected chi connectivity index (χ4v) is 3.24. The lowest BCUT2D eigenvalue weighted by Gasteiger charge is -2.34. The number of hydrogen-bond donors (Lipinski definition) is 1. The fraction of sp³-hybridized carbons (Fsp3) is 0.500. The van der Waals surface area contributed by atoms with E-state index in [1.165, 1.54) is 0 Å². The number of amides is 1. The molecule has 1 fully saturated rings. The molecule has 0 atom stereocenters. The van der Waals surface area contributed by atoms with E-state index in [2.05, 4.69) is 0 Å². The van der Waals surface area contributed by atoms with Crippen molar-refractivity contribution >= 4 is 28.9 Å². The molecule has 1 amide bonds. The predicted octanol–water partition coefficient (Wildman–Crippen LogP) is 1.72. The number of carbonyl (C=O) groups excluding carboxylic acids is 1. The highest BCUT2D eigenvalue weighted by Crippen LogP contribution is 2.36. The maximum atomic E-state index is 11.4. The third kappa shape index (κ3) is 3.50. The number of benzene rings is 1. The molecule has 2 aliphatic rings. The fourth-order valence-electron chi connectivity index (χ4n) is 3.06. The van der Waals surface area contributed by atoms with Gasteiger partial charge < -0.3 is 25.0 Å². The van der Waals surface area contributed by atoms with Crippen molar-refractivity contribution in [1.82, 2.24) is 4.90 Å². The van der Waals surface area contributed by atoms with E-state index in [0.717, 1.165) is 49.7 Å². The van der Waals surface area contributed by atoms with Crippen LogP contribution in [0.25, 0.3) is 0 Å². The number of nitrogens with two attached hydrogens (primary N) is 1. The molecule has 23 heavy (non-hydrogen) atoms. The minimum atomic E-state index is 0.144. The van der Waals surface area contributed by atoms with Gasteiger partial charge in [0.15, 0.2) is 16.6 Å². The highest BCUT2D eigenvalue weighted by molar-refractivity contribution is 7.80. The van der Waals surface area contributed by atoms with Crippen LogP contribution in [0.2, 0.25) is 0 Å². The summed E-state index contributed by atoms with van der Waals surface area (Å²) in [4.78, 5) is 15.2. The van der Waals surface area contributed by atoms with Gasteiger partial charge in [0.25, 0.3) is 0 Å². The maximum absolute atomic E-state index is 11.4. The lowest BCUT2D eigenvalue weighted by atomic mass is 9.96. The summed E-state index contributed by atoms with van der Waals surface area (Å²) in [5.41, 5.74) is 6.84. The minimum absolute atomic E-state index is 0.144. The molecule has 3 rings (SSSR count). The molecule has 1 aromatic carbocycles. The lowest BCUT2D eigenvalue weighted by Crippen LogP contribution is -2.44. The molecule has 2 aliphatic heterocycles. The van der Waals surface area contributed by atoms with Gasteiger partial charge in [-0.2, -0.15) is 0 Å². The maximum Gasteiger partial charge on any atom is 0.231 e. The molecule has 0 saturated carbocycles. The summed E-state index contributed by atoms with van der Waals surface area (Å²) < 4.78 is 10.8. The lowest BCUT2D eigenvalue weighted by molar-refractivity contribution is -0.130. The van der Waals surface area contributed by atoms with Crippen molar-refractivity contribution in [3.8, 4) is 11.5 Å². The Morgan fingerprint density at radius 1 is 1.35 bits per heavy atom. The number of rotatable bonds is 3. The average Bonchev–Trinajstić information content (AvgIpc) is 3.00. The van der Waals surface area contributed by atoms with E-state index in [0.29, 0.717) is 11.0 Å². The summed E-state index contributed by atoms with van der Waals surface area (Å²) in [7, 11) is 0. The molecule has 0 aliphatic carbocycles. The van der Waals surface area contributed by atoms with E-state index in [-0.39, 0.29) is 12.7 Å². The van der Waals surface area contributed by atoms with E-state index in [1.807, 2.05) is 28.0 Å². The summed E-state index contributed by atoms with van der Waals surface area (Å²) in [5, 5.41) is 0.345. The third-order valence-electron chi connectivity index (χ3n) is 4.43. The molecule has 7 heteroatoms. The van der Waals surface area contributed by atoms with E-state index in [9.17, 15) is 4.79 Å². The van der Waals surface area contributed by atoms with Crippen molar-refractivity contribution in [3.05, 3.63) is 18.2 Å². The Morgan fingerprint density at radius 2 is 2.04 bits per heavy atom. The van der Waals surface area contributed by atoms with Crippen LogP contribution in [-0.4, -0.2) is 42.3 Å². The van der Waals surface area contributed by atoms with Gasteiger partial charge in [-0.1, -0.05) is 0 Å². The topological polar surface area (TPSA) is 68.0 Å². The molecular formula is C16H21N3O3S. The molecule has 1 saturated heterocycles. The zero-order chi connectivity index (χ0) is 16.4. The molecule has 2 heterocycles. The van der Waals surface area contributed by atoms with Crippen molar-refractivity contribution in [2.75, 3.05) is 31.3 Å². The Morgan fingerprint density at radius 3 is 2.70 bits per heavy atom. The second-order valence-corrected chi connectivity index (χ2v) is 6.35. The van der Waals surface area contributed by atoms with Gasteiger partial charge in [-0.3, -0.25) is 4.79 Å². The van der Waals surface area contributed by atoms with Crippen LogP contribution < -0.4 is 20.1 Å². The van der Waals surface area contributed by atoms with Gasteiger partial charge in [-0.15, -0.1) is 0 Å². The largest absolute Gasteiger partial charge is 0.454 e. The molecule has 0 radical (unpaired) electrons. The van der Waals surface area contributed by atoms with E-state index in [4.69, 9.17) is 27.4 Å². The van der Waals surface area contributed by atoms with Crippen molar-refractivity contribution in [1.29, 1.82) is 0 Å². The van der Waals surface area contributed by atoms with Crippen LogP contribution in [0.1, 0.15) is 19.8 Å². The zero-order valence-electron chi connectivity index (χ0n) is 13.2. The molecule has 6 nitrogen and oxygen atoms in total. The Kier molecular flexibility index (Phi) is 4.56. The highest BCUT2D eigenvalue weighted by Gasteiger charge is 2.24. The SMILES string of the molecule is CC(=O)N1CCC(CN(C(N)=S)c2ccc3c(c2)OCO3)CC1. The Labute approximate surface area is 141 Å². The number of fused-ring (bicyclic) bond motifs is 1. The zero-order valence-corrected chi connectivity index (χ0v) is 14.0. The first kappa shape index (κ1) is 15.9.